The fourth-order valence-corrected chi connectivity index (χ4v) is 4.84. The maximum atomic E-state index is 12.8. The van der Waals surface area contributed by atoms with E-state index in [1.165, 1.54) is 11.1 Å². The number of hydrogen-bond donors (Lipinski definition) is 1. The van der Waals surface area contributed by atoms with Crippen LogP contribution in [0.2, 0.25) is 0 Å². The number of carbonyl (C=O) groups is 2. The van der Waals surface area contributed by atoms with Gasteiger partial charge in [-0.05, 0) is 48.6 Å². The predicted octanol–water partition coefficient (Wildman–Crippen LogP) is 4.04. The van der Waals surface area contributed by atoms with E-state index in [0.717, 1.165) is 50.4 Å². The molecule has 31 heavy (non-hydrogen) atoms. The standard InChI is InChI=1S/C25H31N3O2S/c1-2-19-6-8-20(9-7-19)17-28(23-10-11-23)18-24(29)26-22-5-3-4-21(16-22)25(30)27-12-14-31-15-13-27/h3-9,16,23H,2,10-15,17-18H2,1H3,(H,26,29). The van der Waals surface area contributed by atoms with Crippen LogP contribution in [0.4, 0.5) is 5.69 Å². The summed E-state index contributed by atoms with van der Waals surface area (Å²) in [6.07, 6.45) is 3.34. The molecule has 1 N–H and O–H groups in total. The highest BCUT2D eigenvalue weighted by atomic mass is 32.2. The van der Waals surface area contributed by atoms with Gasteiger partial charge < -0.3 is 10.2 Å². The van der Waals surface area contributed by atoms with E-state index in [2.05, 4.69) is 41.4 Å². The molecule has 0 bridgehead atoms. The van der Waals surface area contributed by atoms with Gasteiger partial charge >= 0.3 is 0 Å². The first-order valence-corrected chi connectivity index (χ1v) is 12.4. The first kappa shape index (κ1) is 21.9. The van der Waals surface area contributed by atoms with Crippen molar-refractivity contribution in [2.45, 2.75) is 38.8 Å². The molecule has 0 unspecified atom stereocenters. The Hall–Kier alpha value is -2.31. The summed E-state index contributed by atoms with van der Waals surface area (Å²) in [6.45, 7) is 4.88. The van der Waals surface area contributed by atoms with Gasteiger partial charge in [-0.1, -0.05) is 37.3 Å². The molecule has 1 saturated carbocycles. The van der Waals surface area contributed by atoms with Gasteiger partial charge in [-0.25, -0.2) is 0 Å². The van der Waals surface area contributed by atoms with Crippen LogP contribution >= 0.6 is 11.8 Å². The molecule has 1 heterocycles. The van der Waals surface area contributed by atoms with Crippen molar-refractivity contribution in [1.82, 2.24) is 9.80 Å². The number of amides is 2. The molecule has 1 aliphatic heterocycles. The average Bonchev–Trinajstić information content (AvgIpc) is 3.65. The molecule has 2 fully saturated rings. The first-order chi connectivity index (χ1) is 15.1. The van der Waals surface area contributed by atoms with Crippen LogP contribution < -0.4 is 5.32 Å². The van der Waals surface area contributed by atoms with Gasteiger partial charge in [0, 0.05) is 48.4 Å². The Balaban J connectivity index is 1.36. The van der Waals surface area contributed by atoms with E-state index in [9.17, 15) is 9.59 Å². The second-order valence-electron chi connectivity index (χ2n) is 8.34. The van der Waals surface area contributed by atoms with E-state index >= 15 is 0 Å². The molecule has 2 amide bonds. The number of rotatable bonds is 8. The quantitative estimate of drug-likeness (QED) is 0.677. The van der Waals surface area contributed by atoms with Crippen LogP contribution in [0, 0.1) is 0 Å². The van der Waals surface area contributed by atoms with Crippen molar-refractivity contribution in [1.29, 1.82) is 0 Å². The second kappa shape index (κ2) is 10.3. The Morgan fingerprint density at radius 2 is 1.77 bits per heavy atom. The van der Waals surface area contributed by atoms with Gasteiger partial charge in [0.25, 0.3) is 5.91 Å². The summed E-state index contributed by atoms with van der Waals surface area (Å²) >= 11 is 1.88. The van der Waals surface area contributed by atoms with Crippen molar-refractivity contribution in [3.8, 4) is 0 Å². The predicted molar refractivity (Wildman–Crippen MR) is 128 cm³/mol. The molecular formula is C25H31N3O2S. The van der Waals surface area contributed by atoms with Gasteiger partial charge in [-0.2, -0.15) is 11.8 Å². The van der Waals surface area contributed by atoms with E-state index in [1.54, 1.807) is 6.07 Å². The van der Waals surface area contributed by atoms with Crippen LogP contribution in [0.25, 0.3) is 0 Å². The number of carbonyl (C=O) groups excluding carboxylic acids is 2. The molecule has 0 atom stereocenters. The molecule has 1 aliphatic carbocycles. The number of anilines is 1. The summed E-state index contributed by atoms with van der Waals surface area (Å²) in [4.78, 5) is 29.7. The summed E-state index contributed by atoms with van der Waals surface area (Å²) in [6, 6.07) is 16.5. The minimum Gasteiger partial charge on any atom is -0.337 e. The Bertz CT molecular complexity index is 905. The zero-order valence-corrected chi connectivity index (χ0v) is 19.0. The van der Waals surface area contributed by atoms with Crippen LogP contribution in [0.15, 0.2) is 48.5 Å². The van der Waals surface area contributed by atoms with Gasteiger partial charge in [0.2, 0.25) is 5.91 Å². The minimum absolute atomic E-state index is 0.0314. The Morgan fingerprint density at radius 1 is 1.06 bits per heavy atom. The minimum atomic E-state index is -0.0314. The van der Waals surface area contributed by atoms with E-state index in [-0.39, 0.29) is 11.8 Å². The molecule has 2 aromatic rings. The maximum absolute atomic E-state index is 12.8. The zero-order valence-electron chi connectivity index (χ0n) is 18.2. The van der Waals surface area contributed by atoms with Crippen LogP contribution in [0.3, 0.4) is 0 Å². The lowest BCUT2D eigenvalue weighted by Crippen LogP contribution is -2.38. The smallest absolute Gasteiger partial charge is 0.253 e. The average molecular weight is 438 g/mol. The van der Waals surface area contributed by atoms with Gasteiger partial charge in [0.15, 0.2) is 0 Å². The highest BCUT2D eigenvalue weighted by molar-refractivity contribution is 7.99. The van der Waals surface area contributed by atoms with E-state index in [4.69, 9.17) is 0 Å². The fourth-order valence-electron chi connectivity index (χ4n) is 3.93. The third-order valence-electron chi connectivity index (χ3n) is 5.92. The van der Waals surface area contributed by atoms with E-state index in [1.807, 2.05) is 34.9 Å². The molecule has 2 aromatic carbocycles. The second-order valence-corrected chi connectivity index (χ2v) is 9.56. The Labute approximate surface area is 189 Å². The van der Waals surface area contributed by atoms with Gasteiger partial charge in [0.05, 0.1) is 6.54 Å². The van der Waals surface area contributed by atoms with Crippen molar-refractivity contribution in [3.63, 3.8) is 0 Å². The molecule has 2 aliphatic rings. The third kappa shape index (κ3) is 6.11. The number of benzene rings is 2. The normalized spacial score (nSPS) is 16.4. The molecule has 1 saturated heterocycles. The SMILES string of the molecule is CCc1ccc(CN(CC(=O)Nc2cccc(C(=O)N3CCSCC3)c2)C2CC2)cc1. The van der Waals surface area contributed by atoms with Gasteiger partial charge in [0.1, 0.15) is 0 Å². The van der Waals surface area contributed by atoms with Crippen LogP contribution in [-0.4, -0.2) is 58.8 Å². The van der Waals surface area contributed by atoms with Crippen LogP contribution in [0.5, 0.6) is 0 Å². The van der Waals surface area contributed by atoms with E-state index in [0.29, 0.717) is 23.8 Å². The Kier molecular flexibility index (Phi) is 7.30. The first-order valence-electron chi connectivity index (χ1n) is 11.2. The maximum Gasteiger partial charge on any atom is 0.253 e. The lowest BCUT2D eigenvalue weighted by Gasteiger charge is -2.26. The van der Waals surface area contributed by atoms with Crippen molar-refractivity contribution in [2.24, 2.45) is 0 Å². The summed E-state index contributed by atoms with van der Waals surface area (Å²) in [5.74, 6) is 1.99. The van der Waals surface area contributed by atoms with Gasteiger partial charge in [-0.3, -0.25) is 14.5 Å². The highest BCUT2D eigenvalue weighted by Gasteiger charge is 2.30. The summed E-state index contributed by atoms with van der Waals surface area (Å²) in [5.41, 5.74) is 3.89. The lowest BCUT2D eigenvalue weighted by atomic mass is 10.1. The third-order valence-corrected chi connectivity index (χ3v) is 6.86. The molecule has 6 heteroatoms. The number of aryl methyl sites for hydroxylation is 1. The molecule has 5 nitrogen and oxygen atoms in total. The summed E-state index contributed by atoms with van der Waals surface area (Å²) in [5, 5.41) is 3.00. The number of thioether (sulfide) groups is 1. The van der Waals surface area contributed by atoms with Crippen molar-refractivity contribution >= 4 is 29.3 Å². The van der Waals surface area contributed by atoms with Gasteiger partial charge in [-0.15, -0.1) is 0 Å². The van der Waals surface area contributed by atoms with Crippen molar-refractivity contribution < 1.29 is 9.59 Å². The molecule has 0 spiro atoms. The largest absolute Gasteiger partial charge is 0.337 e. The molecular weight excluding hydrogens is 406 g/mol. The number of hydrogen-bond acceptors (Lipinski definition) is 4. The fraction of sp³-hybridized carbons (Fsp3) is 0.440. The topological polar surface area (TPSA) is 52.7 Å². The zero-order chi connectivity index (χ0) is 21.6. The molecule has 0 radical (unpaired) electrons. The Morgan fingerprint density at radius 3 is 2.45 bits per heavy atom. The molecule has 0 aromatic heterocycles. The number of nitrogens with zero attached hydrogens (tertiary/aromatic N) is 2. The van der Waals surface area contributed by atoms with Crippen LogP contribution in [0.1, 0.15) is 41.3 Å². The van der Waals surface area contributed by atoms with Crippen molar-refractivity contribution in [2.75, 3.05) is 36.5 Å². The number of nitrogens with one attached hydrogen (secondary N) is 1. The summed E-state index contributed by atoms with van der Waals surface area (Å²) < 4.78 is 0. The summed E-state index contributed by atoms with van der Waals surface area (Å²) in [7, 11) is 0. The lowest BCUT2D eigenvalue weighted by molar-refractivity contribution is -0.117. The molecule has 4 rings (SSSR count). The monoisotopic (exact) mass is 437 g/mol. The van der Waals surface area contributed by atoms with E-state index < -0.39 is 0 Å². The highest BCUT2D eigenvalue weighted by Crippen LogP contribution is 2.28. The van der Waals surface area contributed by atoms with Crippen molar-refractivity contribution in [3.05, 3.63) is 65.2 Å². The van der Waals surface area contributed by atoms with Crippen LogP contribution in [-0.2, 0) is 17.8 Å². The molecule has 164 valence electrons.